The van der Waals surface area contributed by atoms with Crippen LogP contribution in [0.5, 0.6) is 5.75 Å². The lowest BCUT2D eigenvalue weighted by Crippen LogP contribution is -2.41. The topological polar surface area (TPSA) is 75.7 Å². The summed E-state index contributed by atoms with van der Waals surface area (Å²) in [6, 6.07) is 12.2. The molecule has 1 amide bonds. The lowest BCUT2D eigenvalue weighted by Gasteiger charge is -2.22. The largest absolute Gasteiger partial charge is 0.490 e. The highest BCUT2D eigenvalue weighted by atomic mass is 35.5. The number of anilines is 1. The molecule has 2 rings (SSSR count). The van der Waals surface area contributed by atoms with Crippen LogP contribution in [0.25, 0.3) is 0 Å². The zero-order valence-electron chi connectivity index (χ0n) is 14.0. The fourth-order valence-corrected chi connectivity index (χ4v) is 3.18. The first-order valence-electron chi connectivity index (χ1n) is 7.65. The van der Waals surface area contributed by atoms with Gasteiger partial charge in [-0.1, -0.05) is 35.9 Å². The average Bonchev–Trinajstić information content (AvgIpc) is 2.58. The van der Waals surface area contributed by atoms with Gasteiger partial charge < -0.3 is 10.1 Å². The van der Waals surface area contributed by atoms with Crippen molar-refractivity contribution in [3.63, 3.8) is 0 Å². The number of hydrogen-bond donors (Lipinski definition) is 1. The van der Waals surface area contributed by atoms with Gasteiger partial charge >= 0.3 is 0 Å². The van der Waals surface area contributed by atoms with Crippen LogP contribution in [-0.2, 0) is 14.8 Å². The lowest BCUT2D eigenvalue weighted by molar-refractivity contribution is -0.119. The van der Waals surface area contributed by atoms with Crippen molar-refractivity contribution in [1.29, 1.82) is 0 Å². The Morgan fingerprint density at radius 3 is 2.50 bits per heavy atom. The van der Waals surface area contributed by atoms with Crippen molar-refractivity contribution in [3.8, 4) is 5.75 Å². The summed E-state index contributed by atoms with van der Waals surface area (Å²) in [5.74, 6) is -0.832. The standard InChI is InChI=1S/C17H18ClFN2O4S/c1-26(23,24)21(15-8-4-3-7-14(15)19)12-17(22)20-10-11-25-16-9-5-2-6-13(16)18/h2-9H,10-12H2,1H3,(H,20,22). The number of nitrogens with one attached hydrogen (secondary N) is 1. The Kier molecular flexibility index (Phi) is 6.82. The smallest absolute Gasteiger partial charge is 0.240 e. The maximum atomic E-state index is 13.9. The van der Waals surface area contributed by atoms with E-state index in [-0.39, 0.29) is 18.8 Å². The number of ether oxygens (including phenoxy) is 1. The minimum absolute atomic E-state index is 0.138. The third kappa shape index (κ3) is 5.60. The maximum Gasteiger partial charge on any atom is 0.240 e. The van der Waals surface area contributed by atoms with Gasteiger partial charge in [0.05, 0.1) is 23.5 Å². The van der Waals surface area contributed by atoms with E-state index in [0.717, 1.165) is 12.3 Å². The normalized spacial score (nSPS) is 11.0. The van der Waals surface area contributed by atoms with E-state index >= 15 is 0 Å². The van der Waals surface area contributed by atoms with Crippen molar-refractivity contribution in [2.45, 2.75) is 0 Å². The Morgan fingerprint density at radius 1 is 1.19 bits per heavy atom. The highest BCUT2D eigenvalue weighted by Crippen LogP contribution is 2.23. The molecule has 0 aliphatic rings. The molecule has 0 saturated heterocycles. The summed E-state index contributed by atoms with van der Waals surface area (Å²) < 4.78 is 43.8. The van der Waals surface area contributed by atoms with Gasteiger partial charge in [0.2, 0.25) is 15.9 Å². The van der Waals surface area contributed by atoms with Crippen LogP contribution in [0.1, 0.15) is 0 Å². The minimum atomic E-state index is -3.83. The Morgan fingerprint density at radius 2 is 1.85 bits per heavy atom. The number of nitrogens with zero attached hydrogens (tertiary/aromatic N) is 1. The van der Waals surface area contributed by atoms with Crippen molar-refractivity contribution in [1.82, 2.24) is 5.32 Å². The van der Waals surface area contributed by atoms with Gasteiger partial charge in [0.25, 0.3) is 0 Å². The molecule has 0 aliphatic carbocycles. The summed E-state index contributed by atoms with van der Waals surface area (Å²) in [5, 5.41) is 2.97. The SMILES string of the molecule is CS(=O)(=O)N(CC(=O)NCCOc1ccccc1Cl)c1ccccc1F. The van der Waals surface area contributed by atoms with Crippen molar-refractivity contribution >= 4 is 33.2 Å². The van der Waals surface area contributed by atoms with Crippen LogP contribution in [0.4, 0.5) is 10.1 Å². The Bertz CT molecular complexity index is 877. The summed E-state index contributed by atoms with van der Waals surface area (Å²) >= 11 is 5.95. The second kappa shape index (κ2) is 8.86. The molecule has 140 valence electrons. The van der Waals surface area contributed by atoms with Crippen LogP contribution in [0.2, 0.25) is 5.02 Å². The monoisotopic (exact) mass is 400 g/mol. The van der Waals surface area contributed by atoms with E-state index in [1.165, 1.54) is 18.2 Å². The number of carbonyl (C=O) groups excluding carboxylic acids is 1. The van der Waals surface area contributed by atoms with E-state index in [9.17, 15) is 17.6 Å². The molecule has 1 N–H and O–H groups in total. The lowest BCUT2D eigenvalue weighted by atomic mass is 10.3. The molecule has 2 aromatic carbocycles. The summed E-state index contributed by atoms with van der Waals surface area (Å²) in [7, 11) is -3.83. The first kappa shape index (κ1) is 20.0. The van der Waals surface area contributed by atoms with Crippen molar-refractivity contribution in [2.24, 2.45) is 0 Å². The first-order valence-corrected chi connectivity index (χ1v) is 9.88. The first-order chi connectivity index (χ1) is 12.3. The Balaban J connectivity index is 1.92. The molecule has 9 heteroatoms. The summed E-state index contributed by atoms with van der Waals surface area (Å²) in [6.45, 7) is -0.251. The zero-order valence-corrected chi connectivity index (χ0v) is 15.6. The van der Waals surface area contributed by atoms with E-state index in [0.29, 0.717) is 15.1 Å². The van der Waals surface area contributed by atoms with Gasteiger partial charge in [-0.25, -0.2) is 12.8 Å². The van der Waals surface area contributed by atoms with Crippen LogP contribution in [-0.4, -0.2) is 40.3 Å². The van der Waals surface area contributed by atoms with E-state index in [4.69, 9.17) is 16.3 Å². The Labute approximate surface area is 156 Å². The molecule has 6 nitrogen and oxygen atoms in total. The molecular formula is C17H18ClFN2O4S. The Hall–Kier alpha value is -2.32. The molecule has 2 aromatic rings. The average molecular weight is 401 g/mol. The van der Waals surface area contributed by atoms with Crippen molar-refractivity contribution < 1.29 is 22.3 Å². The van der Waals surface area contributed by atoms with Crippen LogP contribution in [0.3, 0.4) is 0 Å². The molecule has 0 aromatic heterocycles. The van der Waals surface area contributed by atoms with Gasteiger partial charge in [-0.3, -0.25) is 9.10 Å². The summed E-state index contributed by atoms with van der Waals surface area (Å²) in [6.07, 6.45) is 0.910. The van der Waals surface area contributed by atoms with Crippen LogP contribution < -0.4 is 14.4 Å². The quantitative estimate of drug-likeness (QED) is 0.690. The van der Waals surface area contributed by atoms with E-state index in [1.54, 1.807) is 24.3 Å². The molecule has 0 atom stereocenters. The van der Waals surface area contributed by atoms with Gasteiger partial charge in [0.1, 0.15) is 24.7 Å². The fourth-order valence-electron chi connectivity index (χ4n) is 2.13. The van der Waals surface area contributed by atoms with Gasteiger partial charge in [0.15, 0.2) is 0 Å². The predicted molar refractivity (Wildman–Crippen MR) is 98.5 cm³/mol. The number of benzene rings is 2. The number of sulfonamides is 1. The number of carbonyl (C=O) groups is 1. The highest BCUT2D eigenvalue weighted by molar-refractivity contribution is 7.92. The summed E-state index contributed by atoms with van der Waals surface area (Å²) in [4.78, 5) is 12.0. The van der Waals surface area contributed by atoms with Gasteiger partial charge in [-0.15, -0.1) is 0 Å². The van der Waals surface area contributed by atoms with Crippen molar-refractivity contribution in [2.75, 3.05) is 30.3 Å². The van der Waals surface area contributed by atoms with E-state index < -0.39 is 28.3 Å². The number of para-hydroxylation sites is 2. The number of halogens is 2. The van der Waals surface area contributed by atoms with E-state index in [1.807, 2.05) is 0 Å². The molecule has 0 unspecified atom stereocenters. The predicted octanol–water partition coefficient (Wildman–Crippen LogP) is 2.44. The molecule has 0 bridgehead atoms. The van der Waals surface area contributed by atoms with Crippen LogP contribution in [0, 0.1) is 5.82 Å². The second-order valence-corrected chi connectivity index (χ2v) is 7.66. The maximum absolute atomic E-state index is 13.9. The third-order valence-corrected chi connectivity index (χ3v) is 4.77. The third-order valence-electron chi connectivity index (χ3n) is 3.33. The molecule has 26 heavy (non-hydrogen) atoms. The van der Waals surface area contributed by atoms with Gasteiger partial charge in [0, 0.05) is 0 Å². The number of rotatable bonds is 8. The van der Waals surface area contributed by atoms with Gasteiger partial charge in [-0.2, -0.15) is 0 Å². The van der Waals surface area contributed by atoms with Crippen molar-refractivity contribution in [3.05, 3.63) is 59.4 Å². The van der Waals surface area contributed by atoms with Crippen LogP contribution >= 0.6 is 11.6 Å². The fraction of sp³-hybridized carbons (Fsp3) is 0.235. The molecule has 0 fully saturated rings. The minimum Gasteiger partial charge on any atom is -0.490 e. The molecule has 0 radical (unpaired) electrons. The molecule has 0 spiro atoms. The second-order valence-electron chi connectivity index (χ2n) is 5.35. The number of hydrogen-bond acceptors (Lipinski definition) is 4. The van der Waals surface area contributed by atoms with Gasteiger partial charge in [-0.05, 0) is 24.3 Å². The molecular weight excluding hydrogens is 383 g/mol. The number of amides is 1. The highest BCUT2D eigenvalue weighted by Gasteiger charge is 2.23. The molecule has 0 saturated carbocycles. The zero-order chi connectivity index (χ0) is 19.2. The molecule has 0 heterocycles. The summed E-state index contributed by atoms with van der Waals surface area (Å²) in [5.41, 5.74) is -0.183. The van der Waals surface area contributed by atoms with E-state index in [2.05, 4.69) is 5.32 Å². The van der Waals surface area contributed by atoms with Crippen LogP contribution in [0.15, 0.2) is 48.5 Å². The molecule has 0 aliphatic heterocycles.